The van der Waals surface area contributed by atoms with Crippen LogP contribution in [0, 0.1) is 13.8 Å². The maximum Gasteiger partial charge on any atom is 0.277 e. The van der Waals surface area contributed by atoms with Crippen LogP contribution < -0.4 is 20.5 Å². The lowest BCUT2D eigenvalue weighted by Gasteiger charge is -2.32. The Morgan fingerprint density at radius 1 is 1.10 bits per heavy atom. The largest absolute Gasteiger partial charge is 0.440 e. The van der Waals surface area contributed by atoms with Crippen LogP contribution in [-0.2, 0) is 9.30 Å². The maximum atomic E-state index is 13.8. The number of anilines is 2. The van der Waals surface area contributed by atoms with Crippen molar-refractivity contribution in [2.45, 2.75) is 13.8 Å². The highest BCUT2D eigenvalue weighted by Crippen LogP contribution is 2.46. The molecule has 3 aromatic rings. The molecule has 2 aromatic carbocycles. The Hall–Kier alpha value is -2.56. The molecule has 0 saturated carbocycles. The molecular formula is C22H26N3O3P. The Bertz CT molecular complexity index is 1110. The van der Waals surface area contributed by atoms with Crippen LogP contribution in [0.1, 0.15) is 11.1 Å². The summed E-state index contributed by atoms with van der Waals surface area (Å²) in [4.78, 5) is 6.75. The first-order valence-electron chi connectivity index (χ1n) is 9.71. The molecule has 7 heteroatoms. The molecule has 1 fully saturated rings. The molecule has 0 spiro atoms. The second-order valence-electron chi connectivity index (χ2n) is 7.55. The second kappa shape index (κ2) is 7.69. The van der Waals surface area contributed by atoms with Gasteiger partial charge in [-0.1, -0.05) is 6.07 Å². The van der Waals surface area contributed by atoms with Gasteiger partial charge < -0.3 is 19.9 Å². The predicted octanol–water partition coefficient (Wildman–Crippen LogP) is 3.88. The van der Waals surface area contributed by atoms with Crippen LogP contribution in [0.25, 0.3) is 10.9 Å². The molecule has 1 aliphatic rings. The number of nitrogens with zero attached hydrogens (tertiary/aromatic N) is 2. The molecular weight excluding hydrogens is 385 g/mol. The lowest BCUT2D eigenvalue weighted by Crippen LogP contribution is -2.39. The van der Waals surface area contributed by atoms with Crippen molar-refractivity contribution < 1.29 is 13.8 Å². The van der Waals surface area contributed by atoms with Gasteiger partial charge in [-0.15, -0.1) is 0 Å². The normalized spacial score (nSPS) is 16.6. The molecule has 0 bridgehead atoms. The fourth-order valence-electron chi connectivity index (χ4n) is 3.62. The third-order valence-electron chi connectivity index (χ3n) is 5.37. The molecule has 1 aromatic heterocycles. The van der Waals surface area contributed by atoms with E-state index in [4.69, 9.17) is 15.0 Å². The molecule has 1 atom stereocenters. The van der Waals surface area contributed by atoms with E-state index in [0.717, 1.165) is 35.2 Å². The van der Waals surface area contributed by atoms with Crippen LogP contribution >= 0.6 is 7.37 Å². The number of fused-ring (bicyclic) bond motifs is 1. The third-order valence-corrected chi connectivity index (χ3v) is 7.13. The Kier molecular flexibility index (Phi) is 5.24. The van der Waals surface area contributed by atoms with Gasteiger partial charge in [0.05, 0.1) is 29.7 Å². The average Bonchev–Trinajstić information content (AvgIpc) is 2.70. The van der Waals surface area contributed by atoms with Crippen LogP contribution in [0.15, 0.2) is 42.6 Å². The molecule has 6 nitrogen and oxygen atoms in total. The van der Waals surface area contributed by atoms with Crippen LogP contribution in [0.5, 0.6) is 5.75 Å². The summed E-state index contributed by atoms with van der Waals surface area (Å²) >= 11 is 0. The smallest absolute Gasteiger partial charge is 0.277 e. The summed E-state index contributed by atoms with van der Waals surface area (Å²) in [6, 6.07) is 11.4. The van der Waals surface area contributed by atoms with Gasteiger partial charge in [0.25, 0.3) is 7.37 Å². The number of rotatable bonds is 4. The minimum atomic E-state index is -3.20. The fraction of sp³-hybridized carbons (Fsp3) is 0.318. The van der Waals surface area contributed by atoms with Gasteiger partial charge in [0, 0.05) is 37.0 Å². The van der Waals surface area contributed by atoms with E-state index >= 15 is 0 Å². The molecule has 29 heavy (non-hydrogen) atoms. The van der Waals surface area contributed by atoms with Gasteiger partial charge in [-0.2, -0.15) is 0 Å². The molecule has 0 amide bonds. The number of morpholine rings is 1. The number of ether oxygens (including phenoxy) is 1. The first-order chi connectivity index (χ1) is 13.8. The summed E-state index contributed by atoms with van der Waals surface area (Å²) in [5.74, 6) is 0.601. The van der Waals surface area contributed by atoms with E-state index in [2.05, 4.69) is 9.88 Å². The van der Waals surface area contributed by atoms with Crippen molar-refractivity contribution >= 4 is 35.0 Å². The summed E-state index contributed by atoms with van der Waals surface area (Å²) in [6.07, 6.45) is 1.67. The van der Waals surface area contributed by atoms with Crippen molar-refractivity contribution in [3.05, 3.63) is 53.7 Å². The molecule has 0 radical (unpaired) electrons. The van der Waals surface area contributed by atoms with Gasteiger partial charge in [-0.05, 0) is 55.3 Å². The summed E-state index contributed by atoms with van der Waals surface area (Å²) in [7, 11) is -3.20. The number of aryl methyl sites for hydroxylation is 2. The van der Waals surface area contributed by atoms with Crippen LogP contribution in [0.2, 0.25) is 0 Å². The number of aromatic nitrogens is 1. The van der Waals surface area contributed by atoms with Gasteiger partial charge in [0.15, 0.2) is 0 Å². The summed E-state index contributed by atoms with van der Waals surface area (Å²) in [5.41, 5.74) is 10.5. The monoisotopic (exact) mass is 411 g/mol. The highest BCUT2D eigenvalue weighted by Gasteiger charge is 2.30. The summed E-state index contributed by atoms with van der Waals surface area (Å²) in [6.45, 7) is 8.42. The first-order valence-corrected chi connectivity index (χ1v) is 11.8. The molecule has 1 unspecified atom stereocenters. The zero-order chi connectivity index (χ0) is 20.6. The summed E-state index contributed by atoms with van der Waals surface area (Å²) < 4.78 is 25.4. The van der Waals surface area contributed by atoms with Crippen molar-refractivity contribution in [3.8, 4) is 5.75 Å². The Balaban J connectivity index is 1.83. The minimum Gasteiger partial charge on any atom is -0.440 e. The van der Waals surface area contributed by atoms with Gasteiger partial charge >= 0.3 is 0 Å². The lowest BCUT2D eigenvalue weighted by molar-refractivity contribution is 0.123. The molecule has 2 N–H and O–H groups in total. The van der Waals surface area contributed by atoms with E-state index in [1.54, 1.807) is 12.9 Å². The highest BCUT2D eigenvalue weighted by atomic mass is 31.2. The Morgan fingerprint density at radius 3 is 2.59 bits per heavy atom. The molecule has 0 aliphatic carbocycles. The number of nitrogens with two attached hydrogens (primary N) is 1. The third kappa shape index (κ3) is 3.96. The van der Waals surface area contributed by atoms with Crippen molar-refractivity contribution in [2.75, 3.05) is 43.6 Å². The summed E-state index contributed by atoms with van der Waals surface area (Å²) in [5, 5.41) is 1.54. The van der Waals surface area contributed by atoms with E-state index in [9.17, 15) is 4.57 Å². The molecule has 152 valence electrons. The number of benzene rings is 2. The Labute approximate surface area is 171 Å². The SMILES string of the molecule is Cc1ccc(OP(C)(=O)c2cnc3cc(N)ccc3c2N2CCOCC2)cc1C. The van der Waals surface area contributed by atoms with E-state index in [1.165, 1.54) is 5.56 Å². The van der Waals surface area contributed by atoms with Gasteiger partial charge in [0.1, 0.15) is 5.75 Å². The van der Waals surface area contributed by atoms with Crippen molar-refractivity contribution in [1.29, 1.82) is 0 Å². The fourth-order valence-corrected chi connectivity index (χ4v) is 5.15. The van der Waals surface area contributed by atoms with Gasteiger partial charge in [-0.25, -0.2) is 0 Å². The zero-order valence-corrected chi connectivity index (χ0v) is 17.9. The quantitative estimate of drug-likeness (QED) is 0.519. The van der Waals surface area contributed by atoms with E-state index < -0.39 is 7.37 Å². The highest BCUT2D eigenvalue weighted by molar-refractivity contribution is 7.67. The zero-order valence-electron chi connectivity index (χ0n) is 17.0. The molecule has 2 heterocycles. The van der Waals surface area contributed by atoms with Crippen LogP contribution in [0.3, 0.4) is 0 Å². The van der Waals surface area contributed by atoms with Crippen molar-refractivity contribution in [1.82, 2.24) is 4.98 Å². The first kappa shape index (κ1) is 19.7. The second-order valence-corrected chi connectivity index (χ2v) is 9.91. The maximum absolute atomic E-state index is 13.8. The minimum absolute atomic E-state index is 0.601. The van der Waals surface area contributed by atoms with E-state index in [1.807, 2.05) is 50.2 Å². The molecule has 4 rings (SSSR count). The topological polar surface area (TPSA) is 77.7 Å². The van der Waals surface area contributed by atoms with Crippen LogP contribution in [-0.4, -0.2) is 38.0 Å². The number of hydrogen-bond donors (Lipinski definition) is 1. The van der Waals surface area contributed by atoms with E-state index in [0.29, 0.717) is 30.0 Å². The van der Waals surface area contributed by atoms with Crippen molar-refractivity contribution in [2.24, 2.45) is 0 Å². The van der Waals surface area contributed by atoms with Gasteiger partial charge in [-0.3, -0.25) is 9.55 Å². The molecule has 1 saturated heterocycles. The molecule has 1 aliphatic heterocycles. The van der Waals surface area contributed by atoms with Crippen LogP contribution in [0.4, 0.5) is 11.4 Å². The average molecular weight is 411 g/mol. The number of nitrogen functional groups attached to an aromatic ring is 1. The number of hydrogen-bond acceptors (Lipinski definition) is 6. The van der Waals surface area contributed by atoms with E-state index in [-0.39, 0.29) is 0 Å². The number of pyridine rings is 1. The van der Waals surface area contributed by atoms with Gasteiger partial charge in [0.2, 0.25) is 0 Å². The standard InChI is InChI=1S/C22H26N3O3P/c1-15-4-6-18(12-16(15)2)28-29(3,26)21-14-24-20-13-17(23)5-7-19(20)22(21)25-8-10-27-11-9-25/h4-7,12-14H,8-11,23H2,1-3H3. The van der Waals surface area contributed by atoms with Crippen molar-refractivity contribution in [3.63, 3.8) is 0 Å². The Morgan fingerprint density at radius 2 is 1.86 bits per heavy atom. The lowest BCUT2D eigenvalue weighted by atomic mass is 10.1. The predicted molar refractivity (Wildman–Crippen MR) is 119 cm³/mol.